The van der Waals surface area contributed by atoms with Crippen molar-refractivity contribution in [2.24, 2.45) is 0 Å². The summed E-state index contributed by atoms with van der Waals surface area (Å²) < 4.78 is 13.0. The van der Waals surface area contributed by atoms with Crippen molar-refractivity contribution in [3.63, 3.8) is 0 Å². The highest BCUT2D eigenvalue weighted by molar-refractivity contribution is 6.28. The maximum Gasteiger partial charge on any atom is 0.228 e. The molecule has 106 valence electrons. The van der Waals surface area contributed by atoms with E-state index in [9.17, 15) is 4.39 Å². The van der Waals surface area contributed by atoms with Crippen LogP contribution in [-0.4, -0.2) is 28.5 Å². The van der Waals surface area contributed by atoms with Gasteiger partial charge in [-0.25, -0.2) is 4.39 Å². The molecule has 0 aliphatic carbocycles. The highest BCUT2D eigenvalue weighted by atomic mass is 35.5. The highest BCUT2D eigenvalue weighted by Crippen LogP contribution is 2.12. The van der Waals surface area contributed by atoms with Gasteiger partial charge < -0.3 is 10.6 Å². The number of nitrogens with zero attached hydrogens (tertiary/aromatic N) is 3. The summed E-state index contributed by atoms with van der Waals surface area (Å²) in [4.78, 5) is 12.0. The fraction of sp³-hybridized carbons (Fsp3) is 0.308. The molecule has 0 aliphatic heterocycles. The van der Waals surface area contributed by atoms with Gasteiger partial charge in [0.15, 0.2) is 0 Å². The standard InChI is InChI=1S/C13H15ClFN5/c1-8-7-10(15)4-3-9(8)5-6-17-13-19-11(14)18-12(16-2)20-13/h3-4,7H,5-6H2,1-2H3,(H2,16,17,18,19,20). The smallest absolute Gasteiger partial charge is 0.228 e. The van der Waals surface area contributed by atoms with Crippen molar-refractivity contribution < 1.29 is 4.39 Å². The number of halogens is 2. The summed E-state index contributed by atoms with van der Waals surface area (Å²) >= 11 is 5.78. The molecule has 0 spiro atoms. The normalized spacial score (nSPS) is 10.4. The minimum absolute atomic E-state index is 0.129. The summed E-state index contributed by atoms with van der Waals surface area (Å²) in [5.41, 5.74) is 2.00. The molecule has 7 heteroatoms. The molecule has 1 aromatic heterocycles. The van der Waals surface area contributed by atoms with Gasteiger partial charge in [-0.15, -0.1) is 0 Å². The predicted octanol–water partition coefficient (Wildman–Crippen LogP) is 2.67. The first-order valence-electron chi connectivity index (χ1n) is 6.16. The lowest BCUT2D eigenvalue weighted by Crippen LogP contribution is -2.10. The third-order valence-electron chi connectivity index (χ3n) is 2.81. The van der Waals surface area contributed by atoms with Crippen molar-refractivity contribution in [1.29, 1.82) is 0 Å². The number of benzene rings is 1. The summed E-state index contributed by atoms with van der Waals surface area (Å²) in [5.74, 6) is 0.599. The van der Waals surface area contributed by atoms with Crippen LogP contribution in [0.3, 0.4) is 0 Å². The number of hydrogen-bond acceptors (Lipinski definition) is 5. The Morgan fingerprint density at radius 2 is 1.95 bits per heavy atom. The number of aryl methyl sites for hydroxylation is 1. The summed E-state index contributed by atoms with van der Waals surface area (Å²) in [6.07, 6.45) is 0.740. The Bertz CT molecular complexity index is 605. The topological polar surface area (TPSA) is 62.7 Å². The molecular weight excluding hydrogens is 281 g/mol. The number of aromatic nitrogens is 3. The Balaban J connectivity index is 1.97. The molecule has 2 N–H and O–H groups in total. The van der Waals surface area contributed by atoms with E-state index >= 15 is 0 Å². The number of hydrogen-bond donors (Lipinski definition) is 2. The van der Waals surface area contributed by atoms with Crippen LogP contribution in [0.15, 0.2) is 18.2 Å². The zero-order valence-corrected chi connectivity index (χ0v) is 12.0. The van der Waals surface area contributed by atoms with Crippen molar-refractivity contribution in [2.75, 3.05) is 24.2 Å². The lowest BCUT2D eigenvalue weighted by atomic mass is 10.1. The third kappa shape index (κ3) is 3.77. The lowest BCUT2D eigenvalue weighted by molar-refractivity contribution is 0.625. The van der Waals surface area contributed by atoms with Gasteiger partial charge in [-0.2, -0.15) is 15.0 Å². The summed E-state index contributed by atoms with van der Waals surface area (Å²) in [5, 5.41) is 6.00. The van der Waals surface area contributed by atoms with Crippen molar-refractivity contribution >= 4 is 23.5 Å². The molecule has 0 saturated carbocycles. The van der Waals surface area contributed by atoms with Gasteiger partial charge in [-0.1, -0.05) is 6.07 Å². The SMILES string of the molecule is CNc1nc(Cl)nc(NCCc2ccc(F)cc2C)n1. The lowest BCUT2D eigenvalue weighted by Gasteiger charge is -2.08. The molecule has 1 heterocycles. The van der Waals surface area contributed by atoms with Crippen LogP contribution in [0, 0.1) is 12.7 Å². The van der Waals surface area contributed by atoms with E-state index < -0.39 is 0 Å². The first kappa shape index (κ1) is 14.5. The summed E-state index contributed by atoms with van der Waals surface area (Å²) in [7, 11) is 1.71. The molecule has 20 heavy (non-hydrogen) atoms. The van der Waals surface area contributed by atoms with E-state index in [-0.39, 0.29) is 11.1 Å². The van der Waals surface area contributed by atoms with E-state index in [0.717, 1.165) is 17.5 Å². The first-order valence-corrected chi connectivity index (χ1v) is 6.54. The second kappa shape index (κ2) is 6.47. The van der Waals surface area contributed by atoms with Crippen LogP contribution in [-0.2, 0) is 6.42 Å². The van der Waals surface area contributed by atoms with Gasteiger partial charge in [0.1, 0.15) is 5.82 Å². The largest absolute Gasteiger partial charge is 0.357 e. The molecule has 0 bridgehead atoms. The molecule has 2 rings (SSSR count). The van der Waals surface area contributed by atoms with E-state index in [2.05, 4.69) is 25.6 Å². The van der Waals surface area contributed by atoms with Crippen LogP contribution < -0.4 is 10.6 Å². The number of anilines is 2. The zero-order chi connectivity index (χ0) is 14.5. The molecule has 0 radical (unpaired) electrons. The van der Waals surface area contributed by atoms with Gasteiger partial charge in [0, 0.05) is 13.6 Å². The highest BCUT2D eigenvalue weighted by Gasteiger charge is 2.04. The van der Waals surface area contributed by atoms with E-state index in [1.54, 1.807) is 13.1 Å². The quantitative estimate of drug-likeness (QED) is 0.888. The van der Waals surface area contributed by atoms with Crippen LogP contribution >= 0.6 is 11.6 Å². The van der Waals surface area contributed by atoms with Crippen molar-refractivity contribution in [3.05, 3.63) is 40.4 Å². The van der Waals surface area contributed by atoms with Crippen molar-refractivity contribution in [1.82, 2.24) is 15.0 Å². The maximum absolute atomic E-state index is 13.0. The Morgan fingerprint density at radius 3 is 2.65 bits per heavy atom. The molecular formula is C13H15ClFN5. The average Bonchev–Trinajstić information content (AvgIpc) is 2.40. The molecule has 0 aliphatic rings. The van der Waals surface area contributed by atoms with E-state index in [1.807, 2.05) is 6.92 Å². The van der Waals surface area contributed by atoms with E-state index in [0.29, 0.717) is 18.4 Å². The molecule has 0 atom stereocenters. The molecule has 0 amide bonds. The molecule has 2 aromatic rings. The van der Waals surface area contributed by atoms with Gasteiger partial charge >= 0.3 is 0 Å². The number of nitrogens with one attached hydrogen (secondary N) is 2. The van der Waals surface area contributed by atoms with Crippen molar-refractivity contribution in [2.45, 2.75) is 13.3 Å². The Kier molecular flexibility index (Phi) is 4.68. The van der Waals surface area contributed by atoms with Crippen LogP contribution in [0.25, 0.3) is 0 Å². The van der Waals surface area contributed by atoms with E-state index in [4.69, 9.17) is 11.6 Å². The molecule has 0 saturated heterocycles. The fourth-order valence-corrected chi connectivity index (χ4v) is 1.95. The molecule has 0 fully saturated rings. The Hall–Kier alpha value is -1.95. The second-order valence-electron chi connectivity index (χ2n) is 4.25. The molecule has 5 nitrogen and oxygen atoms in total. The predicted molar refractivity (Wildman–Crippen MR) is 77.7 cm³/mol. The fourth-order valence-electron chi connectivity index (χ4n) is 1.79. The Morgan fingerprint density at radius 1 is 1.20 bits per heavy atom. The van der Waals surface area contributed by atoms with Gasteiger partial charge in [0.05, 0.1) is 0 Å². The van der Waals surface area contributed by atoms with Gasteiger partial charge in [0.25, 0.3) is 0 Å². The van der Waals surface area contributed by atoms with Crippen LogP contribution in [0.2, 0.25) is 5.28 Å². The maximum atomic E-state index is 13.0. The summed E-state index contributed by atoms with van der Waals surface area (Å²) in [6, 6.07) is 4.77. The molecule has 1 aromatic carbocycles. The number of rotatable bonds is 5. The van der Waals surface area contributed by atoms with E-state index in [1.165, 1.54) is 12.1 Å². The van der Waals surface area contributed by atoms with Gasteiger partial charge in [-0.3, -0.25) is 0 Å². The summed E-state index contributed by atoms with van der Waals surface area (Å²) in [6.45, 7) is 2.51. The van der Waals surface area contributed by atoms with Crippen molar-refractivity contribution in [3.8, 4) is 0 Å². The molecule has 0 unspecified atom stereocenters. The second-order valence-corrected chi connectivity index (χ2v) is 4.59. The monoisotopic (exact) mass is 295 g/mol. The Labute approximate surface area is 121 Å². The van der Waals surface area contributed by atoms with Gasteiger partial charge in [0.2, 0.25) is 17.2 Å². The van der Waals surface area contributed by atoms with Gasteiger partial charge in [-0.05, 0) is 48.2 Å². The first-order chi connectivity index (χ1) is 9.58. The van der Waals surface area contributed by atoms with Crippen LogP contribution in [0.4, 0.5) is 16.3 Å². The minimum Gasteiger partial charge on any atom is -0.357 e. The zero-order valence-electron chi connectivity index (χ0n) is 11.2. The average molecular weight is 296 g/mol. The third-order valence-corrected chi connectivity index (χ3v) is 2.98. The van der Waals surface area contributed by atoms with Crippen LogP contribution in [0.5, 0.6) is 0 Å². The van der Waals surface area contributed by atoms with Crippen LogP contribution in [0.1, 0.15) is 11.1 Å². The minimum atomic E-state index is -0.220.